The fraction of sp³-hybridized carbons (Fsp3) is 0. The van der Waals surface area contributed by atoms with Crippen LogP contribution in [0.5, 0.6) is 0 Å². The van der Waals surface area contributed by atoms with Gasteiger partial charge in [-0.15, -0.1) is 0 Å². The van der Waals surface area contributed by atoms with Gasteiger partial charge in [-0.05, 0) is 12.1 Å². The van der Waals surface area contributed by atoms with Crippen molar-refractivity contribution in [1.29, 1.82) is 5.26 Å². The summed E-state index contributed by atoms with van der Waals surface area (Å²) in [5, 5.41) is 9.06. The first-order chi connectivity index (χ1) is 6.72. The summed E-state index contributed by atoms with van der Waals surface area (Å²) in [6, 6.07) is 7.12. The Balaban J connectivity index is 2.90. The number of nitriles is 1. The van der Waals surface area contributed by atoms with E-state index in [9.17, 15) is 0 Å². The fourth-order valence-electron chi connectivity index (χ4n) is 1.13. The molecule has 0 bridgehead atoms. The molecule has 5 heteroatoms. The molecule has 0 radical (unpaired) electrons. The van der Waals surface area contributed by atoms with Crippen LogP contribution in [0, 0.1) is 11.3 Å². The molecule has 2 aromatic rings. The summed E-state index contributed by atoms with van der Waals surface area (Å²) in [6.45, 7) is 0. The van der Waals surface area contributed by atoms with Crippen molar-refractivity contribution >= 4 is 34.2 Å². The maximum absolute atomic E-state index is 8.80. The molecule has 1 aromatic carbocycles. The molecule has 0 saturated carbocycles. The molecule has 0 aliphatic rings. The normalized spacial score (nSPS) is 10.1. The Hall–Kier alpha value is -1.37. The highest BCUT2D eigenvalue weighted by Gasteiger charge is 2.07. The van der Waals surface area contributed by atoms with E-state index in [1.807, 2.05) is 6.07 Å². The first-order valence-electron chi connectivity index (χ1n) is 3.74. The topological polar surface area (TPSA) is 49.6 Å². The third-order valence-corrected chi connectivity index (χ3v) is 2.36. The standard InChI is InChI=1S/C9H3Cl2N3/c10-8-9(11)14-7-5(4-12)2-1-3-6(7)13-8/h1-3H. The molecule has 3 nitrogen and oxygen atoms in total. The Bertz CT molecular complexity index is 545. The molecule has 14 heavy (non-hydrogen) atoms. The van der Waals surface area contributed by atoms with Crippen LogP contribution in [0.1, 0.15) is 5.56 Å². The maximum atomic E-state index is 8.80. The van der Waals surface area contributed by atoms with Gasteiger partial charge in [-0.3, -0.25) is 0 Å². The molecule has 1 aromatic heterocycles. The smallest absolute Gasteiger partial charge is 0.167 e. The molecule has 0 amide bonds. The lowest BCUT2D eigenvalue weighted by Gasteiger charge is -1.99. The van der Waals surface area contributed by atoms with E-state index in [-0.39, 0.29) is 10.3 Å². The number of aromatic nitrogens is 2. The predicted molar refractivity (Wildman–Crippen MR) is 54.3 cm³/mol. The van der Waals surface area contributed by atoms with E-state index < -0.39 is 0 Å². The van der Waals surface area contributed by atoms with Gasteiger partial charge < -0.3 is 0 Å². The van der Waals surface area contributed by atoms with Gasteiger partial charge in [0.25, 0.3) is 0 Å². The molecule has 0 aliphatic heterocycles. The van der Waals surface area contributed by atoms with Gasteiger partial charge in [0.05, 0.1) is 11.1 Å². The van der Waals surface area contributed by atoms with Crippen molar-refractivity contribution in [2.75, 3.05) is 0 Å². The lowest BCUT2D eigenvalue weighted by atomic mass is 10.2. The van der Waals surface area contributed by atoms with Crippen LogP contribution in [0.25, 0.3) is 11.0 Å². The largest absolute Gasteiger partial charge is 0.231 e. The Morgan fingerprint density at radius 3 is 2.57 bits per heavy atom. The number of nitrogens with zero attached hydrogens (tertiary/aromatic N) is 3. The molecular weight excluding hydrogens is 221 g/mol. The van der Waals surface area contributed by atoms with Crippen molar-refractivity contribution < 1.29 is 0 Å². The van der Waals surface area contributed by atoms with Gasteiger partial charge in [0, 0.05) is 0 Å². The second-order valence-electron chi connectivity index (χ2n) is 2.59. The number of para-hydroxylation sites is 1. The Morgan fingerprint density at radius 2 is 1.86 bits per heavy atom. The van der Waals surface area contributed by atoms with Crippen LogP contribution in [0.2, 0.25) is 10.3 Å². The number of benzene rings is 1. The summed E-state index contributed by atoms with van der Waals surface area (Å²) in [4.78, 5) is 8.00. The van der Waals surface area contributed by atoms with Gasteiger partial charge in [-0.1, -0.05) is 29.3 Å². The lowest BCUT2D eigenvalue weighted by Crippen LogP contribution is -1.89. The molecule has 2 rings (SSSR count). The van der Waals surface area contributed by atoms with Crippen molar-refractivity contribution in [1.82, 2.24) is 9.97 Å². The summed E-state index contributed by atoms with van der Waals surface area (Å²) in [5.41, 5.74) is 1.48. The molecule has 0 unspecified atom stereocenters. The minimum Gasteiger partial charge on any atom is -0.231 e. The molecule has 0 saturated heterocycles. The van der Waals surface area contributed by atoms with E-state index in [4.69, 9.17) is 28.5 Å². The minimum atomic E-state index is 0.113. The van der Waals surface area contributed by atoms with Crippen molar-refractivity contribution in [3.05, 3.63) is 34.1 Å². The van der Waals surface area contributed by atoms with Crippen molar-refractivity contribution in [2.45, 2.75) is 0 Å². The van der Waals surface area contributed by atoms with E-state index in [0.717, 1.165) is 0 Å². The van der Waals surface area contributed by atoms with E-state index in [2.05, 4.69) is 9.97 Å². The summed E-state index contributed by atoms with van der Waals surface area (Å²) in [5.74, 6) is 0. The average molecular weight is 224 g/mol. The molecule has 1 heterocycles. The highest BCUT2D eigenvalue weighted by molar-refractivity contribution is 6.40. The molecule has 68 valence electrons. The van der Waals surface area contributed by atoms with Crippen LogP contribution in [0.4, 0.5) is 0 Å². The highest BCUT2D eigenvalue weighted by atomic mass is 35.5. The number of halogens is 2. The molecule has 0 fully saturated rings. The van der Waals surface area contributed by atoms with Gasteiger partial charge in [-0.2, -0.15) is 5.26 Å². The van der Waals surface area contributed by atoms with E-state index in [1.165, 1.54) is 0 Å². The summed E-state index contributed by atoms with van der Waals surface area (Å²) >= 11 is 11.4. The number of fused-ring (bicyclic) bond motifs is 1. The maximum Gasteiger partial charge on any atom is 0.167 e. The third-order valence-electron chi connectivity index (χ3n) is 1.73. The average Bonchev–Trinajstić information content (AvgIpc) is 2.19. The zero-order valence-corrected chi connectivity index (χ0v) is 8.34. The molecule has 0 aliphatic carbocycles. The van der Waals surface area contributed by atoms with Crippen molar-refractivity contribution in [3.63, 3.8) is 0 Å². The Kier molecular flexibility index (Phi) is 2.24. The molecule has 0 N–H and O–H groups in total. The van der Waals surface area contributed by atoms with E-state index in [1.54, 1.807) is 18.2 Å². The van der Waals surface area contributed by atoms with Crippen molar-refractivity contribution in [3.8, 4) is 6.07 Å². The zero-order chi connectivity index (χ0) is 10.1. The number of rotatable bonds is 0. The molecular formula is C9H3Cl2N3. The monoisotopic (exact) mass is 223 g/mol. The van der Waals surface area contributed by atoms with Gasteiger partial charge in [0.1, 0.15) is 11.6 Å². The third kappa shape index (κ3) is 1.39. The van der Waals surface area contributed by atoms with Crippen LogP contribution in [-0.4, -0.2) is 9.97 Å². The summed E-state index contributed by atoms with van der Waals surface area (Å²) in [6.07, 6.45) is 0. The SMILES string of the molecule is N#Cc1cccc2nc(Cl)c(Cl)nc12. The molecule has 0 spiro atoms. The Labute approximate surface area is 89.9 Å². The van der Waals surface area contributed by atoms with Crippen molar-refractivity contribution in [2.24, 2.45) is 0 Å². The van der Waals surface area contributed by atoms with Gasteiger partial charge >= 0.3 is 0 Å². The summed E-state index contributed by atoms with van der Waals surface area (Å²) < 4.78 is 0. The lowest BCUT2D eigenvalue weighted by molar-refractivity contribution is 1.28. The minimum absolute atomic E-state index is 0.113. The second-order valence-corrected chi connectivity index (χ2v) is 3.31. The number of hydrogen-bond acceptors (Lipinski definition) is 3. The fourth-order valence-corrected chi connectivity index (χ4v) is 1.39. The van der Waals surface area contributed by atoms with E-state index >= 15 is 0 Å². The second kappa shape index (κ2) is 3.41. The quantitative estimate of drug-likeness (QED) is 0.691. The van der Waals surface area contributed by atoms with Crippen LogP contribution in [-0.2, 0) is 0 Å². The zero-order valence-electron chi connectivity index (χ0n) is 6.83. The van der Waals surface area contributed by atoms with Gasteiger partial charge in [0.2, 0.25) is 0 Å². The van der Waals surface area contributed by atoms with Crippen LogP contribution in [0.3, 0.4) is 0 Å². The van der Waals surface area contributed by atoms with Crippen LogP contribution in [0.15, 0.2) is 18.2 Å². The number of hydrogen-bond donors (Lipinski definition) is 0. The van der Waals surface area contributed by atoms with Gasteiger partial charge in [0.15, 0.2) is 10.3 Å². The van der Waals surface area contributed by atoms with E-state index in [0.29, 0.717) is 16.6 Å². The van der Waals surface area contributed by atoms with Gasteiger partial charge in [-0.25, -0.2) is 9.97 Å². The Morgan fingerprint density at radius 1 is 1.14 bits per heavy atom. The highest BCUT2D eigenvalue weighted by Crippen LogP contribution is 2.22. The van der Waals surface area contributed by atoms with Crippen LogP contribution >= 0.6 is 23.2 Å². The summed E-state index contributed by atoms with van der Waals surface area (Å²) in [7, 11) is 0. The first-order valence-corrected chi connectivity index (χ1v) is 4.50. The van der Waals surface area contributed by atoms with Crippen LogP contribution < -0.4 is 0 Å². The molecule has 0 atom stereocenters. The first kappa shape index (κ1) is 9.20. The predicted octanol–water partition coefficient (Wildman–Crippen LogP) is 2.81.